The standard InChI is InChI=1S/C24H31N3O3/c1-16(2)21-12-18(13-23(28)26-15-20-7-4-5-9-25-20)17(3)11-19(21)14-27-24(29)22-8-6-10-30-22/h4-11,16,18-19,21H,12-15H2,1-3H3,(H,26,28)(H,27,29)/t18-,19-,21-/m0/s1. The van der Waals surface area contributed by atoms with E-state index in [-0.39, 0.29) is 23.7 Å². The van der Waals surface area contributed by atoms with Crippen LogP contribution in [0.4, 0.5) is 0 Å². The summed E-state index contributed by atoms with van der Waals surface area (Å²) in [5.41, 5.74) is 2.08. The fraction of sp³-hybridized carbons (Fsp3) is 0.458. The Labute approximate surface area is 178 Å². The number of nitrogens with zero attached hydrogens (tertiary/aromatic N) is 1. The first kappa shape index (κ1) is 21.8. The molecule has 0 bridgehead atoms. The molecule has 6 nitrogen and oxygen atoms in total. The summed E-state index contributed by atoms with van der Waals surface area (Å²) in [7, 11) is 0. The lowest BCUT2D eigenvalue weighted by molar-refractivity contribution is -0.122. The van der Waals surface area contributed by atoms with Crippen LogP contribution in [0.1, 0.15) is 49.9 Å². The van der Waals surface area contributed by atoms with Crippen molar-refractivity contribution >= 4 is 11.8 Å². The van der Waals surface area contributed by atoms with Crippen molar-refractivity contribution in [2.24, 2.45) is 23.7 Å². The highest BCUT2D eigenvalue weighted by atomic mass is 16.3. The summed E-state index contributed by atoms with van der Waals surface area (Å²) in [5, 5.41) is 5.97. The first-order valence-electron chi connectivity index (χ1n) is 10.6. The van der Waals surface area contributed by atoms with E-state index >= 15 is 0 Å². The van der Waals surface area contributed by atoms with Gasteiger partial charge in [-0.2, -0.15) is 0 Å². The van der Waals surface area contributed by atoms with E-state index in [4.69, 9.17) is 4.42 Å². The van der Waals surface area contributed by atoms with E-state index < -0.39 is 0 Å². The Morgan fingerprint density at radius 1 is 1.20 bits per heavy atom. The van der Waals surface area contributed by atoms with Crippen LogP contribution in [-0.4, -0.2) is 23.3 Å². The van der Waals surface area contributed by atoms with Gasteiger partial charge in [-0.15, -0.1) is 0 Å². The summed E-state index contributed by atoms with van der Waals surface area (Å²) in [6.45, 7) is 7.52. The molecule has 0 saturated heterocycles. The fourth-order valence-corrected chi connectivity index (χ4v) is 4.20. The van der Waals surface area contributed by atoms with E-state index in [0.29, 0.717) is 37.1 Å². The van der Waals surface area contributed by atoms with Crippen LogP contribution in [0.5, 0.6) is 0 Å². The minimum Gasteiger partial charge on any atom is -0.459 e. The molecule has 0 spiro atoms. The van der Waals surface area contributed by atoms with Crippen LogP contribution in [0.3, 0.4) is 0 Å². The zero-order chi connectivity index (χ0) is 21.5. The smallest absolute Gasteiger partial charge is 0.286 e. The molecule has 1 aliphatic rings. The Balaban J connectivity index is 1.57. The number of furan rings is 1. The molecule has 0 aromatic carbocycles. The fourth-order valence-electron chi connectivity index (χ4n) is 4.20. The number of pyridine rings is 1. The molecule has 0 fully saturated rings. The molecule has 6 heteroatoms. The van der Waals surface area contributed by atoms with Gasteiger partial charge in [0, 0.05) is 19.2 Å². The summed E-state index contributed by atoms with van der Waals surface area (Å²) in [4.78, 5) is 29.0. The zero-order valence-corrected chi connectivity index (χ0v) is 17.9. The Morgan fingerprint density at radius 3 is 2.70 bits per heavy atom. The van der Waals surface area contributed by atoms with Crippen molar-refractivity contribution in [1.29, 1.82) is 0 Å². The number of hydrogen-bond acceptors (Lipinski definition) is 4. The second-order valence-electron chi connectivity index (χ2n) is 8.40. The lowest BCUT2D eigenvalue weighted by Gasteiger charge is -2.37. The summed E-state index contributed by atoms with van der Waals surface area (Å²) in [6, 6.07) is 9.06. The van der Waals surface area contributed by atoms with Gasteiger partial charge in [-0.25, -0.2) is 0 Å². The minimum atomic E-state index is -0.190. The van der Waals surface area contributed by atoms with Crippen molar-refractivity contribution in [3.63, 3.8) is 0 Å². The number of amides is 2. The van der Waals surface area contributed by atoms with E-state index in [0.717, 1.165) is 12.1 Å². The van der Waals surface area contributed by atoms with Crippen LogP contribution in [0.15, 0.2) is 58.9 Å². The summed E-state index contributed by atoms with van der Waals surface area (Å²) in [5.74, 6) is 1.51. The van der Waals surface area contributed by atoms with E-state index in [2.05, 4.69) is 42.5 Å². The summed E-state index contributed by atoms with van der Waals surface area (Å²) >= 11 is 0. The van der Waals surface area contributed by atoms with Gasteiger partial charge in [0.25, 0.3) is 5.91 Å². The molecule has 160 valence electrons. The number of nitrogens with one attached hydrogen (secondary N) is 2. The molecule has 2 N–H and O–H groups in total. The van der Waals surface area contributed by atoms with Crippen molar-refractivity contribution in [3.05, 3.63) is 65.9 Å². The number of carbonyl (C=O) groups excluding carboxylic acids is 2. The molecule has 0 saturated carbocycles. The number of aromatic nitrogens is 1. The van der Waals surface area contributed by atoms with Crippen molar-refractivity contribution in [2.75, 3.05) is 6.54 Å². The highest BCUT2D eigenvalue weighted by Crippen LogP contribution is 2.38. The van der Waals surface area contributed by atoms with E-state index in [1.807, 2.05) is 18.2 Å². The maximum Gasteiger partial charge on any atom is 0.286 e. The highest BCUT2D eigenvalue weighted by molar-refractivity contribution is 5.91. The Bertz CT molecular complexity index is 859. The minimum absolute atomic E-state index is 0.0467. The molecule has 2 aromatic heterocycles. The van der Waals surface area contributed by atoms with E-state index in [1.54, 1.807) is 18.3 Å². The van der Waals surface area contributed by atoms with Gasteiger partial charge in [0.2, 0.25) is 5.91 Å². The van der Waals surface area contributed by atoms with Crippen LogP contribution >= 0.6 is 0 Å². The topological polar surface area (TPSA) is 84.2 Å². The third-order valence-electron chi connectivity index (χ3n) is 5.95. The predicted molar refractivity (Wildman–Crippen MR) is 115 cm³/mol. The molecular formula is C24H31N3O3. The van der Waals surface area contributed by atoms with E-state index in [9.17, 15) is 9.59 Å². The van der Waals surface area contributed by atoms with Gasteiger partial charge in [0.1, 0.15) is 0 Å². The SMILES string of the molecule is CC1=C[C@@H](CNC(=O)c2ccco2)[C@H](C(C)C)C[C@H]1CC(=O)NCc1ccccn1. The van der Waals surface area contributed by atoms with Crippen LogP contribution in [-0.2, 0) is 11.3 Å². The maximum atomic E-state index is 12.5. The quantitative estimate of drug-likeness (QED) is 0.646. The summed E-state index contributed by atoms with van der Waals surface area (Å²) in [6.07, 6.45) is 6.89. The average molecular weight is 410 g/mol. The van der Waals surface area contributed by atoms with Crippen molar-refractivity contribution in [3.8, 4) is 0 Å². The number of rotatable bonds is 8. The van der Waals surface area contributed by atoms with Crippen molar-refractivity contribution < 1.29 is 14.0 Å². The second-order valence-corrected chi connectivity index (χ2v) is 8.40. The average Bonchev–Trinajstić information content (AvgIpc) is 3.27. The molecule has 0 radical (unpaired) electrons. The predicted octanol–water partition coefficient (Wildman–Crippen LogP) is 3.97. The monoisotopic (exact) mass is 409 g/mol. The Hall–Kier alpha value is -2.89. The van der Waals surface area contributed by atoms with Gasteiger partial charge in [-0.1, -0.05) is 31.6 Å². The van der Waals surface area contributed by atoms with Crippen molar-refractivity contribution in [2.45, 2.75) is 40.2 Å². The number of allylic oxidation sites excluding steroid dienone is 1. The molecule has 2 amide bonds. The van der Waals surface area contributed by atoms with Gasteiger partial charge in [0.05, 0.1) is 18.5 Å². The molecule has 0 unspecified atom stereocenters. The molecular weight excluding hydrogens is 378 g/mol. The van der Waals surface area contributed by atoms with Crippen LogP contribution in [0, 0.1) is 23.7 Å². The number of hydrogen-bond donors (Lipinski definition) is 2. The number of carbonyl (C=O) groups is 2. The molecule has 1 aliphatic carbocycles. The molecule has 2 aromatic rings. The van der Waals surface area contributed by atoms with Crippen LogP contribution in [0.2, 0.25) is 0 Å². The Kier molecular flexibility index (Phi) is 7.44. The third-order valence-corrected chi connectivity index (χ3v) is 5.95. The molecule has 30 heavy (non-hydrogen) atoms. The normalized spacial score (nSPS) is 21.2. The largest absolute Gasteiger partial charge is 0.459 e. The van der Waals surface area contributed by atoms with Crippen LogP contribution < -0.4 is 10.6 Å². The maximum absolute atomic E-state index is 12.5. The van der Waals surface area contributed by atoms with E-state index in [1.165, 1.54) is 11.8 Å². The second kappa shape index (κ2) is 10.2. The van der Waals surface area contributed by atoms with Gasteiger partial charge in [-0.05, 0) is 61.3 Å². The molecule has 0 aliphatic heterocycles. The zero-order valence-electron chi connectivity index (χ0n) is 17.9. The van der Waals surface area contributed by atoms with Gasteiger partial charge < -0.3 is 15.1 Å². The van der Waals surface area contributed by atoms with Gasteiger partial charge in [-0.3, -0.25) is 14.6 Å². The van der Waals surface area contributed by atoms with Gasteiger partial charge in [0.15, 0.2) is 5.76 Å². The lowest BCUT2D eigenvalue weighted by atomic mass is 9.69. The molecule has 3 atom stereocenters. The van der Waals surface area contributed by atoms with Gasteiger partial charge >= 0.3 is 0 Å². The third kappa shape index (κ3) is 5.81. The molecule has 3 rings (SSSR count). The van der Waals surface area contributed by atoms with Crippen LogP contribution in [0.25, 0.3) is 0 Å². The Morgan fingerprint density at radius 2 is 2.03 bits per heavy atom. The first-order chi connectivity index (χ1) is 14.4. The summed E-state index contributed by atoms with van der Waals surface area (Å²) < 4.78 is 5.17. The molecule has 2 heterocycles. The first-order valence-corrected chi connectivity index (χ1v) is 10.6. The highest BCUT2D eigenvalue weighted by Gasteiger charge is 2.32. The van der Waals surface area contributed by atoms with Crippen molar-refractivity contribution in [1.82, 2.24) is 15.6 Å². The lowest BCUT2D eigenvalue weighted by Crippen LogP contribution is -2.37.